The first-order valence-corrected chi connectivity index (χ1v) is 6.52. The van der Waals surface area contributed by atoms with Gasteiger partial charge in [0, 0.05) is 23.6 Å². The van der Waals surface area contributed by atoms with Crippen LogP contribution in [0.1, 0.15) is 16.1 Å². The van der Waals surface area contributed by atoms with E-state index in [-0.39, 0.29) is 5.91 Å². The van der Waals surface area contributed by atoms with Crippen LogP contribution in [0.3, 0.4) is 0 Å². The monoisotopic (exact) mass is 297 g/mol. The highest BCUT2D eigenvalue weighted by Gasteiger charge is 2.09. The summed E-state index contributed by atoms with van der Waals surface area (Å²) in [6.45, 7) is 0.505. The molecule has 0 bridgehead atoms. The molecule has 2 rings (SSSR count). The second-order valence-electron chi connectivity index (χ2n) is 4.13. The molecule has 0 aliphatic rings. The van der Waals surface area contributed by atoms with E-state index in [1.54, 1.807) is 30.1 Å². The molecule has 0 fully saturated rings. The van der Waals surface area contributed by atoms with E-state index in [4.69, 9.17) is 23.2 Å². The number of aryl methyl sites for hydroxylation is 1. The first-order chi connectivity index (χ1) is 9.08. The van der Waals surface area contributed by atoms with Crippen LogP contribution < -0.4 is 5.32 Å². The summed E-state index contributed by atoms with van der Waals surface area (Å²) in [5.41, 5.74) is 1.48. The maximum atomic E-state index is 11.8. The Bertz CT molecular complexity index is 595. The van der Waals surface area contributed by atoms with Crippen LogP contribution >= 0.6 is 23.2 Å². The van der Waals surface area contributed by atoms with Gasteiger partial charge in [-0.2, -0.15) is 0 Å². The lowest BCUT2D eigenvalue weighted by Crippen LogP contribution is -2.27. The lowest BCUT2D eigenvalue weighted by Gasteiger charge is -2.07. The Balaban J connectivity index is 1.90. The fourth-order valence-electron chi connectivity index (χ4n) is 1.70. The number of imidazole rings is 1. The highest BCUT2D eigenvalue weighted by atomic mass is 35.5. The molecule has 6 heteroatoms. The third kappa shape index (κ3) is 3.49. The highest BCUT2D eigenvalue weighted by molar-refractivity contribution is 6.35. The summed E-state index contributed by atoms with van der Waals surface area (Å²) in [4.78, 5) is 15.7. The van der Waals surface area contributed by atoms with E-state index in [2.05, 4.69) is 10.3 Å². The van der Waals surface area contributed by atoms with E-state index in [1.807, 2.05) is 6.07 Å². The van der Waals surface area contributed by atoms with Crippen LogP contribution in [-0.4, -0.2) is 22.0 Å². The number of amides is 1. The van der Waals surface area contributed by atoms with Gasteiger partial charge >= 0.3 is 0 Å². The first kappa shape index (κ1) is 13.9. The molecule has 0 saturated heterocycles. The number of carbonyl (C=O) groups is 1. The number of aromatic nitrogens is 2. The van der Waals surface area contributed by atoms with Crippen molar-refractivity contribution < 1.29 is 4.79 Å². The van der Waals surface area contributed by atoms with Gasteiger partial charge < -0.3 is 9.88 Å². The van der Waals surface area contributed by atoms with Gasteiger partial charge in [0.2, 0.25) is 0 Å². The Labute approximate surface area is 121 Å². The molecule has 1 aromatic carbocycles. The van der Waals surface area contributed by atoms with Crippen LogP contribution in [0.4, 0.5) is 0 Å². The fourth-order valence-corrected chi connectivity index (χ4v) is 2.20. The number of hydrogen-bond acceptors (Lipinski definition) is 2. The molecule has 0 unspecified atom stereocenters. The van der Waals surface area contributed by atoms with Crippen molar-refractivity contribution in [3.63, 3.8) is 0 Å². The second-order valence-corrected chi connectivity index (χ2v) is 4.98. The Kier molecular flexibility index (Phi) is 4.45. The number of nitrogens with one attached hydrogen (secondary N) is 1. The molecule has 0 aliphatic carbocycles. The van der Waals surface area contributed by atoms with Crippen LogP contribution in [-0.2, 0) is 13.5 Å². The number of rotatable bonds is 4. The van der Waals surface area contributed by atoms with Crippen molar-refractivity contribution in [3.05, 3.63) is 52.0 Å². The fraction of sp³-hybridized carbons (Fsp3) is 0.231. The van der Waals surface area contributed by atoms with Gasteiger partial charge in [0.1, 0.15) is 5.69 Å². The first-order valence-electron chi connectivity index (χ1n) is 5.76. The molecule has 1 N–H and O–H groups in total. The molecule has 0 atom stereocenters. The predicted molar refractivity (Wildman–Crippen MR) is 75.7 cm³/mol. The standard InChI is InChI=1S/C13H13Cl2N3O/c1-18-8-16-7-12(18)13(19)17-5-4-9-2-3-10(14)6-11(9)15/h2-3,6-8H,4-5H2,1H3,(H,17,19). The molecule has 1 heterocycles. The molecule has 0 spiro atoms. The number of nitrogens with zero attached hydrogens (tertiary/aromatic N) is 2. The number of hydrogen-bond donors (Lipinski definition) is 1. The summed E-state index contributed by atoms with van der Waals surface area (Å²) >= 11 is 11.9. The van der Waals surface area contributed by atoms with Crippen LogP contribution in [0.5, 0.6) is 0 Å². The van der Waals surface area contributed by atoms with Crippen molar-refractivity contribution in [2.45, 2.75) is 6.42 Å². The van der Waals surface area contributed by atoms with Gasteiger partial charge in [-0.25, -0.2) is 4.98 Å². The second kappa shape index (κ2) is 6.08. The van der Waals surface area contributed by atoms with Crippen molar-refractivity contribution in [1.82, 2.24) is 14.9 Å². The predicted octanol–water partition coefficient (Wildman–Crippen LogP) is 2.70. The van der Waals surface area contributed by atoms with E-state index >= 15 is 0 Å². The number of benzene rings is 1. The molecule has 0 saturated carbocycles. The van der Waals surface area contributed by atoms with Gasteiger partial charge in [0.05, 0.1) is 12.5 Å². The van der Waals surface area contributed by atoms with Gasteiger partial charge in [0.15, 0.2) is 0 Å². The molecule has 19 heavy (non-hydrogen) atoms. The zero-order valence-electron chi connectivity index (χ0n) is 10.4. The van der Waals surface area contributed by atoms with Crippen molar-refractivity contribution >= 4 is 29.1 Å². The van der Waals surface area contributed by atoms with Crippen LogP contribution in [0.2, 0.25) is 10.0 Å². The molecule has 0 aliphatic heterocycles. The third-order valence-electron chi connectivity index (χ3n) is 2.74. The summed E-state index contributed by atoms with van der Waals surface area (Å²) in [7, 11) is 1.78. The van der Waals surface area contributed by atoms with Gasteiger partial charge in [0.25, 0.3) is 5.91 Å². The molecule has 1 amide bonds. The minimum absolute atomic E-state index is 0.148. The van der Waals surface area contributed by atoms with Crippen LogP contribution in [0.25, 0.3) is 0 Å². The Morgan fingerprint density at radius 2 is 2.21 bits per heavy atom. The summed E-state index contributed by atoms with van der Waals surface area (Å²) in [5.74, 6) is -0.148. The molecule has 100 valence electrons. The minimum atomic E-state index is -0.148. The Hall–Kier alpha value is -1.52. The van der Waals surface area contributed by atoms with Gasteiger partial charge in [-0.05, 0) is 24.1 Å². The summed E-state index contributed by atoms with van der Waals surface area (Å²) in [6.07, 6.45) is 3.77. The summed E-state index contributed by atoms with van der Waals surface area (Å²) < 4.78 is 1.67. The Morgan fingerprint density at radius 1 is 1.42 bits per heavy atom. The van der Waals surface area contributed by atoms with Gasteiger partial charge in [-0.3, -0.25) is 4.79 Å². The van der Waals surface area contributed by atoms with Crippen molar-refractivity contribution in [2.75, 3.05) is 6.54 Å². The number of carbonyl (C=O) groups excluding carboxylic acids is 1. The van der Waals surface area contributed by atoms with Crippen LogP contribution in [0, 0.1) is 0 Å². The lowest BCUT2D eigenvalue weighted by molar-refractivity contribution is 0.0946. The van der Waals surface area contributed by atoms with E-state index in [0.29, 0.717) is 28.7 Å². The molecule has 1 aromatic heterocycles. The summed E-state index contributed by atoms with van der Waals surface area (Å²) in [6, 6.07) is 5.34. The van der Waals surface area contributed by atoms with Crippen molar-refractivity contribution in [3.8, 4) is 0 Å². The molecule has 0 radical (unpaired) electrons. The molecular weight excluding hydrogens is 285 g/mol. The molecular formula is C13H13Cl2N3O. The quantitative estimate of drug-likeness (QED) is 0.943. The smallest absolute Gasteiger partial charge is 0.269 e. The van der Waals surface area contributed by atoms with Gasteiger partial charge in [-0.15, -0.1) is 0 Å². The van der Waals surface area contributed by atoms with Crippen molar-refractivity contribution in [2.24, 2.45) is 7.05 Å². The maximum absolute atomic E-state index is 11.8. The highest BCUT2D eigenvalue weighted by Crippen LogP contribution is 2.21. The zero-order valence-corrected chi connectivity index (χ0v) is 11.9. The van der Waals surface area contributed by atoms with Crippen LogP contribution in [0.15, 0.2) is 30.7 Å². The lowest BCUT2D eigenvalue weighted by atomic mass is 10.1. The van der Waals surface area contributed by atoms with Gasteiger partial charge in [-0.1, -0.05) is 29.3 Å². The average molecular weight is 298 g/mol. The molecule has 2 aromatic rings. The molecule has 4 nitrogen and oxygen atoms in total. The minimum Gasteiger partial charge on any atom is -0.350 e. The summed E-state index contributed by atoms with van der Waals surface area (Å²) in [5, 5.41) is 4.04. The van der Waals surface area contributed by atoms with E-state index in [9.17, 15) is 4.79 Å². The van der Waals surface area contributed by atoms with Crippen molar-refractivity contribution in [1.29, 1.82) is 0 Å². The zero-order chi connectivity index (χ0) is 13.8. The largest absolute Gasteiger partial charge is 0.350 e. The SMILES string of the molecule is Cn1cncc1C(=O)NCCc1ccc(Cl)cc1Cl. The average Bonchev–Trinajstić information content (AvgIpc) is 2.78. The van der Waals surface area contributed by atoms with E-state index < -0.39 is 0 Å². The third-order valence-corrected chi connectivity index (χ3v) is 3.33. The van der Waals surface area contributed by atoms with E-state index in [1.165, 1.54) is 6.20 Å². The maximum Gasteiger partial charge on any atom is 0.269 e. The normalized spacial score (nSPS) is 10.5. The number of halogens is 2. The topological polar surface area (TPSA) is 46.9 Å². The Morgan fingerprint density at radius 3 is 2.84 bits per heavy atom. The van der Waals surface area contributed by atoms with E-state index in [0.717, 1.165) is 5.56 Å².